The number of anilines is 2. The summed E-state index contributed by atoms with van der Waals surface area (Å²) in [5, 5.41) is 13.1. The van der Waals surface area contributed by atoms with Gasteiger partial charge < -0.3 is 15.3 Å². The quantitative estimate of drug-likeness (QED) is 0.447. The molecule has 0 amide bonds. The van der Waals surface area contributed by atoms with Gasteiger partial charge in [0.25, 0.3) is 5.56 Å². The Morgan fingerprint density at radius 1 is 1.09 bits per heavy atom. The molecule has 4 aromatic rings. The van der Waals surface area contributed by atoms with Gasteiger partial charge >= 0.3 is 5.97 Å². The molecule has 7 nitrogen and oxygen atoms in total. The number of para-hydroxylation sites is 1. The second-order valence-electron chi connectivity index (χ2n) is 8.10. The predicted molar refractivity (Wildman–Crippen MR) is 128 cm³/mol. The van der Waals surface area contributed by atoms with Crippen LogP contribution in [-0.4, -0.2) is 20.5 Å². The van der Waals surface area contributed by atoms with Crippen LogP contribution in [0.15, 0.2) is 71.7 Å². The van der Waals surface area contributed by atoms with Crippen LogP contribution in [0.5, 0.6) is 0 Å². The van der Waals surface area contributed by atoms with E-state index in [4.69, 9.17) is 16.6 Å². The van der Waals surface area contributed by atoms with E-state index in [1.165, 1.54) is 21.6 Å². The number of nitrogens with one attached hydrogen (secondary N) is 1. The van der Waals surface area contributed by atoms with Gasteiger partial charge in [0, 0.05) is 36.6 Å². The van der Waals surface area contributed by atoms with Gasteiger partial charge in [-0.25, -0.2) is 9.78 Å². The van der Waals surface area contributed by atoms with E-state index in [1.807, 2.05) is 19.1 Å². The Labute approximate surface area is 194 Å². The lowest BCUT2D eigenvalue weighted by molar-refractivity contribution is 0.0698. The van der Waals surface area contributed by atoms with Crippen molar-refractivity contribution in [3.63, 3.8) is 0 Å². The van der Waals surface area contributed by atoms with Crippen LogP contribution in [0, 0.1) is 0 Å². The van der Waals surface area contributed by atoms with Crippen LogP contribution in [0.4, 0.5) is 11.5 Å². The highest BCUT2D eigenvalue weighted by molar-refractivity contribution is 6.30. The number of nitrogens with zero attached hydrogens (tertiary/aromatic N) is 3. The number of hydrogen-bond acceptors (Lipinski definition) is 5. The summed E-state index contributed by atoms with van der Waals surface area (Å²) in [5.41, 5.74) is 4.02. The number of aromatic carboxylic acids is 1. The molecule has 0 saturated carbocycles. The molecule has 0 unspecified atom stereocenters. The van der Waals surface area contributed by atoms with Gasteiger partial charge in [0.15, 0.2) is 0 Å². The van der Waals surface area contributed by atoms with Gasteiger partial charge in [-0.3, -0.25) is 9.20 Å². The Balaban J connectivity index is 1.57. The standard InChI is InChI=1S/C25H21ClN4O3/c1-15(27-21-9-5-4-8-19(21)25(32)33)20-10-18(26)14-30-23(31)11-22(28-24(20)30)29-12-16-6-2-3-7-17(16)13-29/h2-11,14-15,27H,12-13H2,1H3,(H,32,33)/t15-/m1/s1. The molecule has 2 aromatic heterocycles. The second-order valence-corrected chi connectivity index (χ2v) is 8.54. The van der Waals surface area contributed by atoms with Crippen molar-refractivity contribution in [2.45, 2.75) is 26.1 Å². The summed E-state index contributed by atoms with van der Waals surface area (Å²) in [7, 11) is 0. The highest BCUT2D eigenvalue weighted by Gasteiger charge is 2.22. The molecule has 0 spiro atoms. The molecule has 3 heterocycles. The van der Waals surface area contributed by atoms with Crippen LogP contribution in [0.2, 0.25) is 5.02 Å². The lowest BCUT2D eigenvalue weighted by Gasteiger charge is -2.21. The summed E-state index contributed by atoms with van der Waals surface area (Å²) >= 11 is 6.33. The van der Waals surface area contributed by atoms with Gasteiger partial charge in [0.2, 0.25) is 0 Å². The van der Waals surface area contributed by atoms with E-state index in [2.05, 4.69) is 22.3 Å². The molecule has 5 rings (SSSR count). The third-order valence-electron chi connectivity index (χ3n) is 5.90. The number of hydrogen-bond donors (Lipinski definition) is 2. The summed E-state index contributed by atoms with van der Waals surface area (Å²) in [6.45, 7) is 3.25. The molecule has 1 aliphatic heterocycles. The van der Waals surface area contributed by atoms with E-state index < -0.39 is 5.97 Å². The van der Waals surface area contributed by atoms with Gasteiger partial charge in [0.05, 0.1) is 16.6 Å². The van der Waals surface area contributed by atoms with Crippen LogP contribution >= 0.6 is 11.6 Å². The zero-order valence-electron chi connectivity index (χ0n) is 17.8. The molecule has 33 heavy (non-hydrogen) atoms. The number of fused-ring (bicyclic) bond motifs is 2. The fourth-order valence-electron chi connectivity index (χ4n) is 4.26. The average Bonchev–Trinajstić information content (AvgIpc) is 3.23. The molecule has 2 N–H and O–H groups in total. The number of carboxylic acids is 1. The highest BCUT2D eigenvalue weighted by atomic mass is 35.5. The lowest BCUT2D eigenvalue weighted by atomic mass is 10.1. The van der Waals surface area contributed by atoms with Crippen molar-refractivity contribution in [2.75, 3.05) is 10.2 Å². The van der Waals surface area contributed by atoms with Crippen LogP contribution in [-0.2, 0) is 13.1 Å². The van der Waals surface area contributed by atoms with E-state index in [0.717, 1.165) is 0 Å². The maximum Gasteiger partial charge on any atom is 0.337 e. The number of halogens is 1. The van der Waals surface area contributed by atoms with E-state index in [0.29, 0.717) is 40.8 Å². The van der Waals surface area contributed by atoms with Crippen LogP contribution in [0.1, 0.15) is 40.0 Å². The maximum absolute atomic E-state index is 13.0. The third kappa shape index (κ3) is 3.91. The van der Waals surface area contributed by atoms with Crippen molar-refractivity contribution in [1.82, 2.24) is 9.38 Å². The van der Waals surface area contributed by atoms with Gasteiger partial charge in [-0.05, 0) is 36.2 Å². The van der Waals surface area contributed by atoms with Crippen molar-refractivity contribution in [1.29, 1.82) is 0 Å². The minimum Gasteiger partial charge on any atom is -0.478 e. The zero-order valence-corrected chi connectivity index (χ0v) is 18.6. The van der Waals surface area contributed by atoms with Gasteiger partial charge in [-0.1, -0.05) is 48.0 Å². The number of aromatic nitrogens is 2. The molecule has 0 fully saturated rings. The molecule has 8 heteroatoms. The topological polar surface area (TPSA) is 86.9 Å². The highest BCUT2D eigenvalue weighted by Crippen LogP contribution is 2.30. The maximum atomic E-state index is 13.0. The first-order valence-electron chi connectivity index (χ1n) is 10.5. The van der Waals surface area contributed by atoms with E-state index in [1.54, 1.807) is 36.5 Å². The molecule has 0 radical (unpaired) electrons. The Morgan fingerprint density at radius 3 is 2.45 bits per heavy atom. The molecule has 0 saturated heterocycles. The summed E-state index contributed by atoms with van der Waals surface area (Å²) in [6.07, 6.45) is 1.55. The SMILES string of the molecule is C[C@@H](Nc1ccccc1C(=O)O)c1cc(Cl)cn2c(=O)cc(N3Cc4ccccc4C3)nc12. The Morgan fingerprint density at radius 2 is 1.76 bits per heavy atom. The molecule has 0 bridgehead atoms. The predicted octanol–water partition coefficient (Wildman–Crippen LogP) is 4.74. The van der Waals surface area contributed by atoms with Crippen molar-refractivity contribution in [3.8, 4) is 0 Å². The van der Waals surface area contributed by atoms with Crippen LogP contribution in [0.3, 0.4) is 0 Å². The minimum absolute atomic E-state index is 0.163. The van der Waals surface area contributed by atoms with E-state index in [9.17, 15) is 14.7 Å². The first-order chi connectivity index (χ1) is 15.9. The van der Waals surface area contributed by atoms with Gasteiger partial charge in [-0.2, -0.15) is 0 Å². The first kappa shape index (κ1) is 21.0. The lowest BCUT2D eigenvalue weighted by Crippen LogP contribution is -2.23. The number of rotatable bonds is 5. The number of carbonyl (C=O) groups is 1. The fourth-order valence-corrected chi connectivity index (χ4v) is 4.48. The molecule has 166 valence electrons. The smallest absolute Gasteiger partial charge is 0.337 e. The summed E-state index contributed by atoms with van der Waals surface area (Å²) in [6, 6.07) is 17.8. The molecule has 1 aliphatic rings. The van der Waals surface area contributed by atoms with Gasteiger partial charge in [0.1, 0.15) is 11.5 Å². The summed E-state index contributed by atoms with van der Waals surface area (Å²) in [5.74, 6) is -0.426. The van der Waals surface area contributed by atoms with Gasteiger partial charge in [-0.15, -0.1) is 0 Å². The van der Waals surface area contributed by atoms with Crippen LogP contribution < -0.4 is 15.8 Å². The van der Waals surface area contributed by atoms with Crippen molar-refractivity contribution >= 4 is 34.7 Å². The summed E-state index contributed by atoms with van der Waals surface area (Å²) in [4.78, 5) is 31.5. The van der Waals surface area contributed by atoms with Crippen molar-refractivity contribution in [3.05, 3.63) is 104 Å². The number of pyridine rings is 1. The Bertz CT molecular complexity index is 1420. The molecular weight excluding hydrogens is 440 g/mol. The van der Waals surface area contributed by atoms with Crippen LogP contribution in [0.25, 0.3) is 5.65 Å². The molecule has 2 aromatic carbocycles. The largest absolute Gasteiger partial charge is 0.478 e. The van der Waals surface area contributed by atoms with Crippen molar-refractivity contribution < 1.29 is 9.90 Å². The molecule has 1 atom stereocenters. The Hall–Kier alpha value is -3.84. The second kappa shape index (κ2) is 8.26. The average molecular weight is 461 g/mol. The number of carboxylic acid groups (broad SMARTS) is 1. The Kier molecular flexibility index (Phi) is 5.26. The first-order valence-corrected chi connectivity index (χ1v) is 10.9. The molecule has 0 aliphatic carbocycles. The molecular formula is C25H21ClN4O3. The zero-order chi connectivity index (χ0) is 23.1. The van der Waals surface area contributed by atoms with E-state index >= 15 is 0 Å². The monoisotopic (exact) mass is 460 g/mol. The van der Waals surface area contributed by atoms with Crippen molar-refractivity contribution in [2.24, 2.45) is 0 Å². The van der Waals surface area contributed by atoms with E-state index in [-0.39, 0.29) is 17.2 Å². The normalized spacial score (nSPS) is 13.7. The minimum atomic E-state index is -1.02. The third-order valence-corrected chi connectivity index (χ3v) is 6.11. The fraction of sp³-hybridized carbons (Fsp3) is 0.160. The summed E-state index contributed by atoms with van der Waals surface area (Å²) < 4.78 is 1.44. The number of benzene rings is 2.